The number of amides is 1. The first-order valence-corrected chi connectivity index (χ1v) is 7.78. The fourth-order valence-electron chi connectivity index (χ4n) is 2.36. The molecule has 2 heterocycles. The Morgan fingerprint density at radius 1 is 1.45 bits per heavy atom. The average Bonchev–Trinajstić information content (AvgIpc) is 3.09. The quantitative estimate of drug-likeness (QED) is 0.798. The molecule has 0 saturated carbocycles. The smallest absolute Gasteiger partial charge is 0.289 e. The third-order valence-corrected chi connectivity index (χ3v) is 3.48. The lowest BCUT2D eigenvalue weighted by Crippen LogP contribution is -2.25. The van der Waals surface area contributed by atoms with E-state index >= 15 is 0 Å². The topological polar surface area (TPSA) is 73.0 Å². The number of aromatic nitrogens is 3. The van der Waals surface area contributed by atoms with E-state index < -0.39 is 0 Å². The molecule has 0 aliphatic rings. The third kappa shape index (κ3) is 3.75. The molecule has 2 aromatic heterocycles. The van der Waals surface area contributed by atoms with E-state index in [1.165, 1.54) is 0 Å². The van der Waals surface area contributed by atoms with Gasteiger partial charge in [-0.25, -0.2) is 9.97 Å². The lowest BCUT2D eigenvalue weighted by molar-refractivity contribution is 0.0922. The number of carbonyl (C=O) groups is 1. The number of rotatable bonds is 7. The van der Waals surface area contributed by atoms with Gasteiger partial charge in [0.2, 0.25) is 5.76 Å². The average molecular weight is 304 g/mol. The van der Waals surface area contributed by atoms with Gasteiger partial charge in [0.05, 0.1) is 5.69 Å². The Balaban J connectivity index is 1.82. The molecule has 0 saturated heterocycles. The predicted octanol–water partition coefficient (Wildman–Crippen LogP) is 2.69. The van der Waals surface area contributed by atoms with E-state index in [0.717, 1.165) is 18.8 Å². The molecule has 0 aliphatic carbocycles. The summed E-state index contributed by atoms with van der Waals surface area (Å²) in [6, 6.07) is 0. The zero-order valence-corrected chi connectivity index (χ0v) is 13.7. The van der Waals surface area contributed by atoms with Crippen LogP contribution in [0.15, 0.2) is 16.8 Å². The molecule has 0 fully saturated rings. The Morgan fingerprint density at radius 2 is 2.23 bits per heavy atom. The van der Waals surface area contributed by atoms with Gasteiger partial charge >= 0.3 is 0 Å². The van der Waals surface area contributed by atoms with Gasteiger partial charge in [-0.05, 0) is 13.3 Å². The van der Waals surface area contributed by atoms with Crippen LogP contribution in [-0.2, 0) is 13.0 Å². The molecule has 1 N–H and O–H groups in total. The van der Waals surface area contributed by atoms with Crippen LogP contribution in [0.3, 0.4) is 0 Å². The fraction of sp³-hybridized carbons (Fsp3) is 0.562. The van der Waals surface area contributed by atoms with Crippen LogP contribution in [0.5, 0.6) is 0 Å². The molecule has 0 unspecified atom stereocenters. The monoisotopic (exact) mass is 304 g/mol. The van der Waals surface area contributed by atoms with Gasteiger partial charge in [0.15, 0.2) is 5.89 Å². The molecule has 0 atom stereocenters. The summed E-state index contributed by atoms with van der Waals surface area (Å²) >= 11 is 0. The van der Waals surface area contributed by atoms with Crippen molar-refractivity contribution in [2.45, 2.75) is 53.0 Å². The Morgan fingerprint density at radius 3 is 2.86 bits per heavy atom. The molecule has 6 heteroatoms. The first-order chi connectivity index (χ1) is 10.5. The highest BCUT2D eigenvalue weighted by molar-refractivity contribution is 5.92. The molecule has 0 radical (unpaired) electrons. The maximum absolute atomic E-state index is 12.1. The van der Waals surface area contributed by atoms with Gasteiger partial charge in [-0.2, -0.15) is 0 Å². The van der Waals surface area contributed by atoms with Crippen LogP contribution in [0.2, 0.25) is 0 Å². The van der Waals surface area contributed by atoms with Gasteiger partial charge < -0.3 is 14.3 Å². The summed E-state index contributed by atoms with van der Waals surface area (Å²) in [6.07, 6.45) is 5.33. The number of imidazole rings is 1. The van der Waals surface area contributed by atoms with Crippen molar-refractivity contribution in [2.24, 2.45) is 0 Å². The van der Waals surface area contributed by atoms with Crippen molar-refractivity contribution in [1.29, 1.82) is 0 Å². The van der Waals surface area contributed by atoms with Crippen molar-refractivity contribution in [3.05, 3.63) is 35.6 Å². The Kier molecular flexibility index (Phi) is 5.35. The summed E-state index contributed by atoms with van der Waals surface area (Å²) in [5, 5.41) is 2.88. The summed E-state index contributed by atoms with van der Waals surface area (Å²) in [5.41, 5.74) is 0.644. The summed E-state index contributed by atoms with van der Waals surface area (Å²) < 4.78 is 7.57. The number of oxazole rings is 1. The molecule has 0 aliphatic heterocycles. The Bertz CT molecular complexity index is 628. The number of hydrogen-bond acceptors (Lipinski definition) is 4. The van der Waals surface area contributed by atoms with Crippen molar-refractivity contribution in [3.8, 4) is 0 Å². The maximum Gasteiger partial charge on any atom is 0.289 e. The van der Waals surface area contributed by atoms with Crippen LogP contribution in [0.4, 0.5) is 0 Å². The zero-order valence-electron chi connectivity index (χ0n) is 13.7. The number of nitrogens with zero attached hydrogens (tertiary/aromatic N) is 3. The van der Waals surface area contributed by atoms with E-state index in [1.807, 2.05) is 19.3 Å². The molecule has 6 nitrogen and oxygen atoms in total. The van der Waals surface area contributed by atoms with Crippen LogP contribution in [0, 0.1) is 6.92 Å². The van der Waals surface area contributed by atoms with Gasteiger partial charge in [-0.15, -0.1) is 0 Å². The van der Waals surface area contributed by atoms with Crippen molar-refractivity contribution >= 4 is 5.91 Å². The van der Waals surface area contributed by atoms with E-state index in [-0.39, 0.29) is 5.91 Å². The number of aryl methyl sites for hydroxylation is 3. The Labute approximate surface area is 131 Å². The second-order valence-electron chi connectivity index (χ2n) is 5.62. The second kappa shape index (κ2) is 7.24. The molecular formula is C16H24N4O2. The van der Waals surface area contributed by atoms with Gasteiger partial charge in [0.25, 0.3) is 5.91 Å². The lowest BCUT2D eigenvalue weighted by atomic mass is 10.2. The lowest BCUT2D eigenvalue weighted by Gasteiger charge is -2.10. The zero-order chi connectivity index (χ0) is 16.1. The van der Waals surface area contributed by atoms with Crippen molar-refractivity contribution in [3.63, 3.8) is 0 Å². The normalized spacial score (nSPS) is 11.1. The highest BCUT2D eigenvalue weighted by Gasteiger charge is 2.16. The standard InChI is InChI=1S/C16H24N4O2/c1-5-13-19-12(4)14(22-13)16(21)18-7-6-9-20-10-8-17-15(20)11(2)3/h8,10-11H,5-7,9H2,1-4H3,(H,18,21). The van der Waals surface area contributed by atoms with Gasteiger partial charge in [-0.3, -0.25) is 4.79 Å². The summed E-state index contributed by atoms with van der Waals surface area (Å²) in [4.78, 5) is 20.6. The van der Waals surface area contributed by atoms with E-state index in [1.54, 1.807) is 6.92 Å². The molecular weight excluding hydrogens is 280 g/mol. The predicted molar refractivity (Wildman–Crippen MR) is 83.9 cm³/mol. The maximum atomic E-state index is 12.1. The van der Waals surface area contributed by atoms with Crippen molar-refractivity contribution in [1.82, 2.24) is 19.9 Å². The largest absolute Gasteiger partial charge is 0.435 e. The minimum Gasteiger partial charge on any atom is -0.435 e. The molecule has 0 spiro atoms. The van der Waals surface area contributed by atoms with Gasteiger partial charge in [0, 0.05) is 37.8 Å². The minimum absolute atomic E-state index is 0.195. The van der Waals surface area contributed by atoms with Crippen molar-refractivity contribution in [2.75, 3.05) is 6.54 Å². The molecule has 22 heavy (non-hydrogen) atoms. The van der Waals surface area contributed by atoms with Crippen LogP contribution >= 0.6 is 0 Å². The highest BCUT2D eigenvalue weighted by Crippen LogP contribution is 2.12. The summed E-state index contributed by atoms with van der Waals surface area (Å²) in [6.45, 7) is 9.42. The first-order valence-electron chi connectivity index (χ1n) is 7.78. The molecule has 120 valence electrons. The molecule has 2 rings (SSSR count). The molecule has 1 amide bonds. The van der Waals surface area contributed by atoms with Crippen LogP contribution in [-0.4, -0.2) is 27.0 Å². The fourth-order valence-corrected chi connectivity index (χ4v) is 2.36. The molecule has 0 aromatic carbocycles. The first kappa shape index (κ1) is 16.3. The summed E-state index contributed by atoms with van der Waals surface area (Å²) in [7, 11) is 0. The van der Waals surface area contributed by atoms with Crippen LogP contribution < -0.4 is 5.32 Å². The SMILES string of the molecule is CCc1nc(C)c(C(=O)NCCCn2ccnc2C(C)C)o1. The number of nitrogens with one attached hydrogen (secondary N) is 1. The Hall–Kier alpha value is -2.11. The van der Waals surface area contributed by atoms with Gasteiger partial charge in [-0.1, -0.05) is 20.8 Å². The summed E-state index contributed by atoms with van der Waals surface area (Å²) in [5.74, 6) is 2.20. The molecule has 0 bridgehead atoms. The molecule has 2 aromatic rings. The van der Waals surface area contributed by atoms with Crippen LogP contribution in [0.25, 0.3) is 0 Å². The van der Waals surface area contributed by atoms with E-state index in [2.05, 4.69) is 33.7 Å². The minimum atomic E-state index is -0.195. The number of carbonyl (C=O) groups excluding carboxylic acids is 1. The van der Waals surface area contributed by atoms with E-state index in [4.69, 9.17) is 4.42 Å². The van der Waals surface area contributed by atoms with Crippen LogP contribution in [0.1, 0.15) is 61.1 Å². The number of hydrogen-bond donors (Lipinski definition) is 1. The third-order valence-electron chi connectivity index (χ3n) is 3.48. The van der Waals surface area contributed by atoms with Gasteiger partial charge in [0.1, 0.15) is 5.82 Å². The highest BCUT2D eigenvalue weighted by atomic mass is 16.4. The second-order valence-corrected chi connectivity index (χ2v) is 5.62. The van der Waals surface area contributed by atoms with Crippen molar-refractivity contribution < 1.29 is 9.21 Å². The van der Waals surface area contributed by atoms with E-state index in [9.17, 15) is 4.79 Å². The van der Waals surface area contributed by atoms with E-state index in [0.29, 0.717) is 36.2 Å².